The number of benzene rings is 3. The number of amides is 2. The maximum absolute atomic E-state index is 12.9. The first kappa shape index (κ1) is 26.7. The van der Waals surface area contributed by atoms with E-state index in [9.17, 15) is 9.59 Å². The largest absolute Gasteiger partial charge is 0.496 e. The minimum Gasteiger partial charge on any atom is -0.496 e. The Balaban J connectivity index is 1.43. The Morgan fingerprint density at radius 3 is 2.35 bits per heavy atom. The van der Waals surface area contributed by atoms with Crippen molar-refractivity contribution in [3.63, 3.8) is 0 Å². The first-order chi connectivity index (χ1) is 17.8. The fourth-order valence-corrected chi connectivity index (χ4v) is 4.80. The van der Waals surface area contributed by atoms with Crippen LogP contribution in [0.1, 0.15) is 26.3 Å². The average Bonchev–Trinajstić information content (AvgIpc) is 2.89. The molecule has 2 N–H and O–H groups in total. The Morgan fingerprint density at radius 1 is 0.973 bits per heavy atom. The highest BCUT2D eigenvalue weighted by atomic mass is 35.5. The van der Waals surface area contributed by atoms with Gasteiger partial charge in [-0.05, 0) is 61.6 Å². The predicted molar refractivity (Wildman–Crippen MR) is 152 cm³/mol. The molecule has 1 aliphatic rings. The fraction of sp³-hybridized carbons (Fsp3) is 0.222. The monoisotopic (exact) mass is 556 g/mol. The lowest BCUT2D eigenvalue weighted by Crippen LogP contribution is -2.49. The average molecular weight is 558 g/mol. The summed E-state index contributed by atoms with van der Waals surface area (Å²) in [6.07, 6.45) is 0. The molecule has 10 heteroatoms. The van der Waals surface area contributed by atoms with Crippen LogP contribution in [0.25, 0.3) is 0 Å². The smallest absolute Gasteiger partial charge is 0.261 e. The Morgan fingerprint density at radius 2 is 1.68 bits per heavy atom. The number of hydrogen-bond acceptors (Lipinski definition) is 5. The zero-order chi connectivity index (χ0) is 26.5. The molecule has 0 unspecified atom stereocenters. The summed E-state index contributed by atoms with van der Waals surface area (Å²) in [6.45, 7) is 4.28. The van der Waals surface area contributed by atoms with E-state index < -0.39 is 5.91 Å². The third-order valence-electron chi connectivity index (χ3n) is 6.05. The molecular formula is C27H26Cl2N4O3S. The van der Waals surface area contributed by atoms with Crippen molar-refractivity contribution in [1.29, 1.82) is 0 Å². The normalized spacial score (nSPS) is 13.2. The summed E-state index contributed by atoms with van der Waals surface area (Å²) in [6, 6.07) is 17.8. The number of halogens is 2. The summed E-state index contributed by atoms with van der Waals surface area (Å²) >= 11 is 18.1. The van der Waals surface area contributed by atoms with E-state index in [4.69, 9.17) is 40.2 Å². The molecule has 0 aromatic heterocycles. The van der Waals surface area contributed by atoms with Crippen LogP contribution in [0.3, 0.4) is 0 Å². The number of ether oxygens (including phenoxy) is 1. The van der Waals surface area contributed by atoms with Crippen molar-refractivity contribution in [1.82, 2.24) is 10.2 Å². The number of rotatable bonds is 5. The van der Waals surface area contributed by atoms with Gasteiger partial charge in [-0.2, -0.15) is 0 Å². The van der Waals surface area contributed by atoms with E-state index in [1.54, 1.807) is 24.3 Å². The minimum absolute atomic E-state index is 0.0116. The maximum atomic E-state index is 12.9. The molecule has 0 aliphatic carbocycles. The number of carbonyl (C=O) groups is 2. The van der Waals surface area contributed by atoms with Crippen LogP contribution in [0.4, 0.5) is 11.4 Å². The van der Waals surface area contributed by atoms with Crippen LogP contribution in [0.15, 0.2) is 60.7 Å². The summed E-state index contributed by atoms with van der Waals surface area (Å²) in [7, 11) is 1.48. The fourth-order valence-electron chi connectivity index (χ4n) is 4.13. The molecule has 1 aliphatic heterocycles. The van der Waals surface area contributed by atoms with Crippen molar-refractivity contribution in [3.05, 3.63) is 87.4 Å². The molecule has 0 atom stereocenters. The van der Waals surface area contributed by atoms with Gasteiger partial charge in [0.05, 0.1) is 29.1 Å². The molecule has 37 heavy (non-hydrogen) atoms. The maximum Gasteiger partial charge on any atom is 0.261 e. The van der Waals surface area contributed by atoms with Crippen molar-refractivity contribution in [2.75, 3.05) is 43.5 Å². The van der Waals surface area contributed by atoms with Crippen LogP contribution in [0, 0.1) is 6.92 Å². The number of nitrogens with zero attached hydrogens (tertiary/aromatic N) is 2. The van der Waals surface area contributed by atoms with Gasteiger partial charge >= 0.3 is 0 Å². The van der Waals surface area contributed by atoms with Gasteiger partial charge < -0.3 is 19.9 Å². The van der Waals surface area contributed by atoms with Gasteiger partial charge in [0.2, 0.25) is 0 Å². The van der Waals surface area contributed by atoms with Crippen LogP contribution < -0.4 is 20.3 Å². The molecule has 3 aromatic rings. The third kappa shape index (κ3) is 6.33. The molecule has 0 bridgehead atoms. The van der Waals surface area contributed by atoms with Gasteiger partial charge in [-0.25, -0.2) is 0 Å². The summed E-state index contributed by atoms with van der Waals surface area (Å²) < 4.78 is 5.26. The SMILES string of the molecule is COc1ccc(Cl)cc1C(=O)NC(=S)Nc1cccc(Cl)c1N1CCN(C(=O)c2ccc(C)cc2)CC1. The Hall–Kier alpha value is -3.33. The molecule has 2 amide bonds. The van der Waals surface area contributed by atoms with Gasteiger partial charge in [0, 0.05) is 36.8 Å². The second kappa shape index (κ2) is 11.8. The predicted octanol–water partition coefficient (Wildman–Crippen LogP) is 5.40. The van der Waals surface area contributed by atoms with E-state index in [-0.39, 0.29) is 16.6 Å². The molecule has 0 radical (unpaired) electrons. The number of carbonyl (C=O) groups excluding carboxylic acids is 2. The number of para-hydroxylation sites is 1. The first-order valence-corrected chi connectivity index (χ1v) is 12.8. The second-order valence-corrected chi connectivity index (χ2v) is 9.79. The number of hydrogen-bond donors (Lipinski definition) is 2. The molecular weight excluding hydrogens is 531 g/mol. The Bertz CT molecular complexity index is 1330. The molecule has 3 aromatic carbocycles. The van der Waals surface area contributed by atoms with E-state index in [2.05, 4.69) is 15.5 Å². The zero-order valence-corrected chi connectivity index (χ0v) is 22.7. The van der Waals surface area contributed by atoms with Gasteiger partial charge in [0.1, 0.15) is 5.75 Å². The summed E-state index contributed by atoms with van der Waals surface area (Å²) in [4.78, 5) is 29.7. The van der Waals surface area contributed by atoms with Crippen molar-refractivity contribution < 1.29 is 14.3 Å². The number of aryl methyl sites for hydroxylation is 1. The summed E-state index contributed by atoms with van der Waals surface area (Å²) in [5.74, 6) is -0.0626. The van der Waals surface area contributed by atoms with E-state index in [0.717, 1.165) is 11.3 Å². The first-order valence-electron chi connectivity index (χ1n) is 11.6. The van der Waals surface area contributed by atoms with Crippen LogP contribution >= 0.6 is 35.4 Å². The van der Waals surface area contributed by atoms with Gasteiger partial charge in [0.15, 0.2) is 5.11 Å². The van der Waals surface area contributed by atoms with E-state index in [1.807, 2.05) is 42.2 Å². The van der Waals surface area contributed by atoms with Crippen molar-refractivity contribution in [3.8, 4) is 5.75 Å². The van der Waals surface area contributed by atoms with E-state index in [1.165, 1.54) is 13.2 Å². The molecule has 1 heterocycles. The number of thiocarbonyl (C=S) groups is 1. The molecule has 1 fully saturated rings. The third-order valence-corrected chi connectivity index (χ3v) is 6.79. The quantitative estimate of drug-likeness (QED) is 0.410. The summed E-state index contributed by atoms with van der Waals surface area (Å²) in [5, 5.41) is 6.80. The van der Waals surface area contributed by atoms with Gasteiger partial charge in [-0.3, -0.25) is 14.9 Å². The molecule has 7 nitrogen and oxygen atoms in total. The molecule has 1 saturated heterocycles. The highest BCUT2D eigenvalue weighted by molar-refractivity contribution is 7.80. The van der Waals surface area contributed by atoms with Crippen molar-refractivity contribution >= 4 is 63.7 Å². The highest BCUT2D eigenvalue weighted by Crippen LogP contribution is 2.35. The number of nitrogens with one attached hydrogen (secondary N) is 2. The standard InChI is InChI=1S/C27H26Cl2N4O3S/c1-17-6-8-18(9-7-17)26(35)33-14-12-32(13-15-33)24-21(29)4-3-5-22(24)30-27(37)31-25(34)20-16-19(28)10-11-23(20)36-2/h3-11,16H,12-15H2,1-2H3,(H2,30,31,34,37). The molecule has 0 saturated carbocycles. The second-order valence-electron chi connectivity index (χ2n) is 8.53. The van der Waals surface area contributed by atoms with Crippen LogP contribution in [-0.4, -0.2) is 55.1 Å². The molecule has 192 valence electrons. The minimum atomic E-state index is -0.455. The summed E-state index contributed by atoms with van der Waals surface area (Å²) in [5.41, 5.74) is 3.45. The lowest BCUT2D eigenvalue weighted by atomic mass is 10.1. The number of methoxy groups -OCH3 is 1. The number of anilines is 2. The van der Waals surface area contributed by atoms with Crippen molar-refractivity contribution in [2.45, 2.75) is 6.92 Å². The van der Waals surface area contributed by atoms with Crippen LogP contribution in [0.5, 0.6) is 5.75 Å². The van der Waals surface area contributed by atoms with Crippen LogP contribution in [-0.2, 0) is 0 Å². The lowest BCUT2D eigenvalue weighted by molar-refractivity contribution is 0.0746. The van der Waals surface area contributed by atoms with Gasteiger partial charge in [-0.1, -0.05) is 47.0 Å². The highest BCUT2D eigenvalue weighted by Gasteiger charge is 2.25. The Labute approximate surface area is 231 Å². The lowest BCUT2D eigenvalue weighted by Gasteiger charge is -2.37. The van der Waals surface area contributed by atoms with Crippen molar-refractivity contribution in [2.24, 2.45) is 0 Å². The van der Waals surface area contributed by atoms with Crippen LogP contribution in [0.2, 0.25) is 10.0 Å². The molecule has 0 spiro atoms. The Kier molecular flexibility index (Phi) is 8.53. The van der Waals surface area contributed by atoms with Gasteiger partial charge in [-0.15, -0.1) is 0 Å². The van der Waals surface area contributed by atoms with E-state index in [0.29, 0.717) is 53.2 Å². The van der Waals surface area contributed by atoms with E-state index >= 15 is 0 Å². The van der Waals surface area contributed by atoms with Gasteiger partial charge in [0.25, 0.3) is 11.8 Å². The topological polar surface area (TPSA) is 73.9 Å². The molecule has 4 rings (SSSR count). The zero-order valence-electron chi connectivity index (χ0n) is 20.4. The number of piperazine rings is 1.